The first-order valence-electron chi connectivity index (χ1n) is 4.60. The lowest BCUT2D eigenvalue weighted by atomic mass is 10.0. The van der Waals surface area contributed by atoms with E-state index in [1.54, 1.807) is 0 Å². The molecule has 1 aliphatic rings. The average Bonchev–Trinajstić information content (AvgIpc) is 2.98. The molecule has 0 aliphatic heterocycles. The summed E-state index contributed by atoms with van der Waals surface area (Å²) in [6.07, 6.45) is -0.0713. The number of alkyl halides is 3. The van der Waals surface area contributed by atoms with E-state index >= 15 is 0 Å². The number of hydrogen-bond donors (Lipinski definition) is 0. The van der Waals surface area contributed by atoms with Gasteiger partial charge in [0.25, 0.3) is 0 Å². The van der Waals surface area contributed by atoms with Crippen LogP contribution in [0.25, 0.3) is 0 Å². The minimum atomic E-state index is -4.45. The maximum atomic E-state index is 12.7. The van der Waals surface area contributed by atoms with Crippen LogP contribution in [-0.4, -0.2) is 11.1 Å². The van der Waals surface area contributed by atoms with Gasteiger partial charge in [0, 0.05) is 18.0 Å². The maximum Gasteiger partial charge on any atom is 0.416 e. The first kappa shape index (κ1) is 10.8. The van der Waals surface area contributed by atoms with Gasteiger partial charge in [0.1, 0.15) is 5.54 Å². The van der Waals surface area contributed by atoms with Crippen molar-refractivity contribution in [2.75, 3.05) is 0 Å². The normalized spacial score (nSPS) is 17.7. The van der Waals surface area contributed by atoms with E-state index in [2.05, 4.69) is 9.98 Å². The molecule has 0 N–H and O–H groups in total. The molecule has 6 heteroatoms. The SMILES string of the molecule is O=C=NC1(c2cnccc2C(F)(F)F)CC1. The lowest BCUT2D eigenvalue weighted by Crippen LogP contribution is -2.15. The van der Waals surface area contributed by atoms with Gasteiger partial charge in [0.15, 0.2) is 0 Å². The van der Waals surface area contributed by atoms with Crippen LogP contribution in [0.15, 0.2) is 23.5 Å². The largest absolute Gasteiger partial charge is 0.416 e. The zero-order valence-corrected chi connectivity index (χ0v) is 8.08. The van der Waals surface area contributed by atoms with Crippen molar-refractivity contribution in [2.24, 2.45) is 4.99 Å². The van der Waals surface area contributed by atoms with E-state index in [0.29, 0.717) is 12.8 Å². The molecule has 16 heavy (non-hydrogen) atoms. The third-order valence-corrected chi connectivity index (χ3v) is 2.61. The molecule has 84 valence electrons. The van der Waals surface area contributed by atoms with Gasteiger partial charge < -0.3 is 0 Å². The van der Waals surface area contributed by atoms with Gasteiger partial charge in [0.05, 0.1) is 5.56 Å². The minimum absolute atomic E-state index is 0.0362. The standard InChI is InChI=1S/C10H7F3N2O/c11-10(12,13)7-1-4-14-5-8(7)9(2-3-9)15-6-16/h1,4-5H,2-3H2. The molecule has 1 heterocycles. The summed E-state index contributed by atoms with van der Waals surface area (Å²) < 4.78 is 38.0. The summed E-state index contributed by atoms with van der Waals surface area (Å²) >= 11 is 0. The zero-order valence-electron chi connectivity index (χ0n) is 8.08. The highest BCUT2D eigenvalue weighted by molar-refractivity contribution is 5.44. The molecule has 1 fully saturated rings. The van der Waals surface area contributed by atoms with Crippen molar-refractivity contribution in [1.29, 1.82) is 0 Å². The van der Waals surface area contributed by atoms with Crippen molar-refractivity contribution in [2.45, 2.75) is 24.6 Å². The van der Waals surface area contributed by atoms with Crippen molar-refractivity contribution in [3.05, 3.63) is 29.6 Å². The molecular weight excluding hydrogens is 221 g/mol. The van der Waals surface area contributed by atoms with Crippen LogP contribution < -0.4 is 0 Å². The van der Waals surface area contributed by atoms with Crippen molar-refractivity contribution in [3.8, 4) is 0 Å². The lowest BCUT2D eigenvalue weighted by Gasteiger charge is -2.15. The van der Waals surface area contributed by atoms with Crippen molar-refractivity contribution < 1.29 is 18.0 Å². The van der Waals surface area contributed by atoms with Gasteiger partial charge >= 0.3 is 6.18 Å². The Bertz CT molecular complexity index is 459. The Labute approximate surface area is 89.0 Å². The van der Waals surface area contributed by atoms with Crippen molar-refractivity contribution >= 4 is 6.08 Å². The fraction of sp³-hybridized carbons (Fsp3) is 0.400. The zero-order chi connectivity index (χ0) is 11.8. The summed E-state index contributed by atoms with van der Waals surface area (Å²) in [5.41, 5.74) is -1.86. The number of nitrogens with zero attached hydrogens (tertiary/aromatic N) is 2. The van der Waals surface area contributed by atoms with E-state index in [1.165, 1.54) is 6.08 Å². The first-order chi connectivity index (χ1) is 7.49. The number of carbonyl (C=O) groups excluding carboxylic acids is 1. The number of isocyanates is 1. The van der Waals surface area contributed by atoms with Crippen molar-refractivity contribution in [1.82, 2.24) is 4.98 Å². The van der Waals surface area contributed by atoms with Gasteiger partial charge in [-0.2, -0.15) is 18.2 Å². The Hall–Kier alpha value is -1.68. The summed E-state index contributed by atoms with van der Waals surface area (Å²) in [6, 6.07) is 0.899. The lowest BCUT2D eigenvalue weighted by molar-refractivity contribution is -0.138. The van der Waals surface area contributed by atoms with Gasteiger partial charge in [-0.15, -0.1) is 0 Å². The third kappa shape index (κ3) is 1.72. The van der Waals surface area contributed by atoms with E-state index in [9.17, 15) is 18.0 Å². The summed E-state index contributed by atoms with van der Waals surface area (Å²) in [7, 11) is 0. The Morgan fingerprint density at radius 1 is 1.44 bits per heavy atom. The molecule has 1 saturated carbocycles. The third-order valence-electron chi connectivity index (χ3n) is 2.61. The average molecular weight is 228 g/mol. The number of pyridine rings is 1. The summed E-state index contributed by atoms with van der Waals surface area (Å²) in [5, 5.41) is 0. The summed E-state index contributed by atoms with van der Waals surface area (Å²) in [6.45, 7) is 0. The van der Waals surface area contributed by atoms with Crippen LogP contribution in [-0.2, 0) is 16.5 Å². The van der Waals surface area contributed by atoms with Crippen LogP contribution in [0.2, 0.25) is 0 Å². The molecule has 0 amide bonds. The molecule has 1 aromatic rings. The molecule has 1 aliphatic carbocycles. The summed E-state index contributed by atoms with van der Waals surface area (Å²) in [5.74, 6) is 0. The second-order valence-corrected chi connectivity index (χ2v) is 3.65. The second-order valence-electron chi connectivity index (χ2n) is 3.65. The molecule has 2 rings (SSSR count). The van der Waals surface area contributed by atoms with Gasteiger partial charge in [-0.25, -0.2) is 4.79 Å². The molecule has 3 nitrogen and oxygen atoms in total. The van der Waals surface area contributed by atoms with Gasteiger partial charge in [0.2, 0.25) is 6.08 Å². The predicted molar refractivity (Wildman–Crippen MR) is 48.3 cm³/mol. The highest BCUT2D eigenvalue weighted by atomic mass is 19.4. The Morgan fingerprint density at radius 2 is 2.12 bits per heavy atom. The van der Waals surface area contributed by atoms with Crippen LogP contribution in [0.3, 0.4) is 0 Å². The van der Waals surface area contributed by atoms with E-state index in [4.69, 9.17) is 0 Å². The Morgan fingerprint density at radius 3 is 2.62 bits per heavy atom. The monoisotopic (exact) mass is 228 g/mol. The molecular formula is C10H7F3N2O. The fourth-order valence-corrected chi connectivity index (χ4v) is 1.66. The maximum absolute atomic E-state index is 12.7. The number of halogens is 3. The smallest absolute Gasteiger partial charge is 0.264 e. The van der Waals surface area contributed by atoms with E-state index in [0.717, 1.165) is 18.5 Å². The molecule has 0 unspecified atom stereocenters. The quantitative estimate of drug-likeness (QED) is 0.576. The van der Waals surface area contributed by atoms with Crippen molar-refractivity contribution in [3.63, 3.8) is 0 Å². The molecule has 0 bridgehead atoms. The van der Waals surface area contributed by atoms with Crippen LogP contribution in [0, 0.1) is 0 Å². The van der Waals surface area contributed by atoms with Crippen LogP contribution in [0.5, 0.6) is 0 Å². The topological polar surface area (TPSA) is 42.3 Å². The predicted octanol–water partition coefficient (Wildman–Crippen LogP) is 2.43. The molecule has 0 saturated heterocycles. The molecule has 0 aromatic carbocycles. The molecule has 0 spiro atoms. The van der Waals surface area contributed by atoms with Crippen LogP contribution in [0.4, 0.5) is 13.2 Å². The Balaban J connectivity index is 2.54. The highest BCUT2D eigenvalue weighted by Gasteiger charge is 2.50. The van der Waals surface area contributed by atoms with E-state index < -0.39 is 17.3 Å². The van der Waals surface area contributed by atoms with E-state index in [-0.39, 0.29) is 5.56 Å². The number of aromatic nitrogens is 1. The highest BCUT2D eigenvalue weighted by Crippen LogP contribution is 2.52. The van der Waals surface area contributed by atoms with Gasteiger partial charge in [-0.1, -0.05) is 0 Å². The van der Waals surface area contributed by atoms with Crippen LogP contribution >= 0.6 is 0 Å². The molecule has 0 atom stereocenters. The van der Waals surface area contributed by atoms with Crippen LogP contribution in [0.1, 0.15) is 24.0 Å². The van der Waals surface area contributed by atoms with Gasteiger partial charge in [-0.05, 0) is 18.9 Å². The number of rotatable bonds is 2. The Kier molecular flexibility index (Phi) is 2.31. The van der Waals surface area contributed by atoms with E-state index in [1.807, 2.05) is 0 Å². The fourth-order valence-electron chi connectivity index (χ4n) is 1.66. The number of hydrogen-bond acceptors (Lipinski definition) is 3. The second kappa shape index (κ2) is 3.42. The molecule has 0 radical (unpaired) electrons. The number of aliphatic imine (C=N–C) groups is 1. The minimum Gasteiger partial charge on any atom is -0.264 e. The summed E-state index contributed by atoms with van der Waals surface area (Å²) in [4.78, 5) is 17.3. The van der Waals surface area contributed by atoms with Gasteiger partial charge in [-0.3, -0.25) is 4.98 Å². The molecule has 1 aromatic heterocycles. The first-order valence-corrected chi connectivity index (χ1v) is 4.60.